The van der Waals surface area contributed by atoms with Crippen LogP contribution < -0.4 is 4.90 Å². The lowest BCUT2D eigenvalue weighted by atomic mass is 9.82. The lowest BCUT2D eigenvalue weighted by Crippen LogP contribution is -2.17. The van der Waals surface area contributed by atoms with Crippen molar-refractivity contribution in [1.29, 1.82) is 0 Å². The highest BCUT2D eigenvalue weighted by Gasteiger charge is 2.37. The smallest absolute Gasteiger partial charge is 0.143 e. The van der Waals surface area contributed by atoms with Crippen LogP contribution in [0, 0.1) is 0 Å². The molecule has 0 amide bonds. The summed E-state index contributed by atoms with van der Waals surface area (Å²) in [6.45, 7) is 4.65. The van der Waals surface area contributed by atoms with Gasteiger partial charge in [-0.1, -0.05) is 141 Å². The van der Waals surface area contributed by atoms with Crippen molar-refractivity contribution in [2.45, 2.75) is 31.6 Å². The van der Waals surface area contributed by atoms with Crippen LogP contribution in [-0.2, 0) is 5.41 Å². The van der Waals surface area contributed by atoms with Crippen molar-refractivity contribution < 1.29 is 4.42 Å². The molecule has 9 rings (SSSR count). The van der Waals surface area contributed by atoms with Crippen molar-refractivity contribution >= 4 is 33.3 Å². The van der Waals surface area contributed by atoms with Crippen molar-refractivity contribution in [1.82, 2.24) is 0 Å². The summed E-state index contributed by atoms with van der Waals surface area (Å²) in [5.41, 5.74) is 14.4. The average Bonchev–Trinajstić information content (AvgIpc) is 3.62. The van der Waals surface area contributed by atoms with Crippen LogP contribution in [-0.4, -0.2) is 0 Å². The van der Waals surface area contributed by atoms with E-state index in [-0.39, 0.29) is 11.3 Å². The maximum atomic E-state index is 6.93. The predicted molar refractivity (Wildman–Crippen MR) is 196 cm³/mol. The molecule has 2 aliphatic rings. The standard InChI is InChI=1S/C45H35NO/c1-45(2)40-19-10-9-16-39(40)42-41(45)29-28-38-37-18-11-17-36(43(37)47-44(38)42)32-22-26-35(27-23-32)46(33-14-7-4-8-15-33)34-24-20-31(21-25-34)30-12-5-3-6-13-30/h3-22,24-29,32H,23H2,1-2H3. The first-order valence-electron chi connectivity index (χ1n) is 16.6. The van der Waals surface area contributed by atoms with E-state index in [4.69, 9.17) is 4.42 Å². The number of fused-ring (bicyclic) bond motifs is 7. The number of hydrogen-bond donors (Lipinski definition) is 0. The molecule has 6 aromatic carbocycles. The Morgan fingerprint density at radius 2 is 1.28 bits per heavy atom. The van der Waals surface area contributed by atoms with E-state index in [9.17, 15) is 0 Å². The van der Waals surface area contributed by atoms with Crippen LogP contribution in [0.25, 0.3) is 44.2 Å². The van der Waals surface area contributed by atoms with E-state index in [1.165, 1.54) is 55.4 Å². The average molecular weight is 606 g/mol. The van der Waals surface area contributed by atoms with Gasteiger partial charge < -0.3 is 9.32 Å². The Balaban J connectivity index is 1.09. The molecule has 1 aromatic heterocycles. The monoisotopic (exact) mass is 605 g/mol. The van der Waals surface area contributed by atoms with Gasteiger partial charge in [-0.2, -0.15) is 0 Å². The van der Waals surface area contributed by atoms with E-state index in [1.807, 2.05) is 0 Å². The molecule has 2 nitrogen and oxygen atoms in total. The second kappa shape index (κ2) is 10.7. The molecular weight excluding hydrogens is 571 g/mol. The molecule has 0 radical (unpaired) electrons. The molecule has 1 atom stereocenters. The molecule has 1 unspecified atom stereocenters. The molecule has 2 heteroatoms. The Labute approximate surface area is 275 Å². The van der Waals surface area contributed by atoms with E-state index >= 15 is 0 Å². The molecule has 0 spiro atoms. The van der Waals surface area contributed by atoms with E-state index in [2.05, 4.69) is 177 Å². The molecule has 2 aliphatic carbocycles. The Morgan fingerprint density at radius 3 is 2.04 bits per heavy atom. The van der Waals surface area contributed by atoms with Gasteiger partial charge >= 0.3 is 0 Å². The molecule has 0 aliphatic heterocycles. The number of anilines is 2. The largest absolute Gasteiger partial charge is 0.455 e. The van der Waals surface area contributed by atoms with Crippen LogP contribution in [0.5, 0.6) is 0 Å². The van der Waals surface area contributed by atoms with Gasteiger partial charge in [0, 0.05) is 50.3 Å². The van der Waals surface area contributed by atoms with Gasteiger partial charge in [0.05, 0.1) is 0 Å². The number of benzene rings is 6. The van der Waals surface area contributed by atoms with Crippen molar-refractivity contribution in [3.8, 4) is 22.3 Å². The molecule has 226 valence electrons. The number of hydrogen-bond acceptors (Lipinski definition) is 2. The maximum Gasteiger partial charge on any atom is 0.143 e. The summed E-state index contributed by atoms with van der Waals surface area (Å²) in [5.74, 6) is 0.220. The third kappa shape index (κ3) is 4.40. The van der Waals surface area contributed by atoms with E-state index in [0.717, 1.165) is 29.0 Å². The zero-order valence-electron chi connectivity index (χ0n) is 26.7. The maximum absolute atomic E-state index is 6.93. The molecule has 47 heavy (non-hydrogen) atoms. The van der Waals surface area contributed by atoms with Gasteiger partial charge in [0.2, 0.25) is 0 Å². The van der Waals surface area contributed by atoms with Crippen LogP contribution >= 0.6 is 0 Å². The van der Waals surface area contributed by atoms with Crippen LogP contribution in [0.1, 0.15) is 42.9 Å². The quantitative estimate of drug-likeness (QED) is 0.194. The summed E-state index contributed by atoms with van der Waals surface area (Å²) in [7, 11) is 0. The number of allylic oxidation sites excluding steroid dienone is 3. The van der Waals surface area contributed by atoms with Gasteiger partial charge in [-0.15, -0.1) is 0 Å². The summed E-state index contributed by atoms with van der Waals surface area (Å²) in [5, 5.41) is 2.38. The highest BCUT2D eigenvalue weighted by molar-refractivity contribution is 6.12. The van der Waals surface area contributed by atoms with Crippen molar-refractivity contribution in [2.24, 2.45) is 0 Å². The van der Waals surface area contributed by atoms with Crippen molar-refractivity contribution in [2.75, 3.05) is 4.90 Å². The lowest BCUT2D eigenvalue weighted by molar-refractivity contribution is 0.648. The van der Waals surface area contributed by atoms with Gasteiger partial charge in [0.1, 0.15) is 11.2 Å². The first-order valence-corrected chi connectivity index (χ1v) is 16.6. The zero-order valence-corrected chi connectivity index (χ0v) is 26.7. The molecule has 0 saturated heterocycles. The normalized spacial score (nSPS) is 16.2. The highest BCUT2D eigenvalue weighted by atomic mass is 16.3. The first-order chi connectivity index (χ1) is 23.1. The molecule has 7 aromatic rings. The topological polar surface area (TPSA) is 16.4 Å². The van der Waals surface area contributed by atoms with Crippen LogP contribution in [0.4, 0.5) is 11.4 Å². The molecule has 0 saturated carbocycles. The van der Waals surface area contributed by atoms with Gasteiger partial charge in [-0.25, -0.2) is 0 Å². The lowest BCUT2D eigenvalue weighted by Gasteiger charge is -2.29. The zero-order chi connectivity index (χ0) is 31.5. The predicted octanol–water partition coefficient (Wildman–Crippen LogP) is 12.3. The number of nitrogens with zero attached hydrogens (tertiary/aromatic N) is 1. The van der Waals surface area contributed by atoms with E-state index in [1.54, 1.807) is 0 Å². The second-order valence-corrected chi connectivity index (χ2v) is 13.3. The summed E-state index contributed by atoms with van der Waals surface area (Å²) < 4.78 is 6.93. The minimum Gasteiger partial charge on any atom is -0.455 e. The highest BCUT2D eigenvalue weighted by Crippen LogP contribution is 2.53. The number of rotatable bonds is 5. The third-order valence-corrected chi connectivity index (χ3v) is 10.2. The van der Waals surface area contributed by atoms with E-state index < -0.39 is 0 Å². The molecule has 0 bridgehead atoms. The fourth-order valence-corrected chi connectivity index (χ4v) is 7.82. The second-order valence-electron chi connectivity index (χ2n) is 13.3. The molecule has 0 N–H and O–H groups in total. The Morgan fingerprint density at radius 1 is 0.596 bits per heavy atom. The number of furan rings is 1. The Bertz CT molecular complexity index is 2340. The fourth-order valence-electron chi connectivity index (χ4n) is 7.82. The summed E-state index contributed by atoms with van der Waals surface area (Å²) in [6, 6.07) is 50.1. The summed E-state index contributed by atoms with van der Waals surface area (Å²) >= 11 is 0. The van der Waals surface area contributed by atoms with Crippen molar-refractivity contribution in [3.05, 3.63) is 180 Å². The van der Waals surface area contributed by atoms with Crippen LogP contribution in [0.15, 0.2) is 168 Å². The van der Waals surface area contributed by atoms with Crippen LogP contribution in [0.3, 0.4) is 0 Å². The van der Waals surface area contributed by atoms with Crippen LogP contribution in [0.2, 0.25) is 0 Å². The third-order valence-electron chi connectivity index (χ3n) is 10.2. The fraction of sp³-hybridized carbons (Fsp3) is 0.111. The summed E-state index contributed by atoms with van der Waals surface area (Å²) in [6.07, 6.45) is 7.90. The number of para-hydroxylation sites is 2. The molecular formula is C45H35NO. The summed E-state index contributed by atoms with van der Waals surface area (Å²) in [4.78, 5) is 2.35. The SMILES string of the molecule is CC1(C)c2ccccc2-c2c1ccc1c2oc2c(C3C=CC(N(c4ccccc4)c4ccc(-c5ccccc5)cc4)=CC3)cccc21. The van der Waals surface area contributed by atoms with Crippen molar-refractivity contribution in [3.63, 3.8) is 0 Å². The Kier molecular flexibility index (Phi) is 6.33. The van der Waals surface area contributed by atoms with Gasteiger partial charge in [0.15, 0.2) is 0 Å². The van der Waals surface area contributed by atoms with Gasteiger partial charge in [-0.3, -0.25) is 0 Å². The van der Waals surface area contributed by atoms with Gasteiger partial charge in [-0.05, 0) is 64.6 Å². The Hall–Kier alpha value is -5.60. The van der Waals surface area contributed by atoms with E-state index in [0.29, 0.717) is 0 Å². The molecule has 1 heterocycles. The van der Waals surface area contributed by atoms with Gasteiger partial charge in [0.25, 0.3) is 0 Å². The molecule has 0 fully saturated rings. The first kappa shape index (κ1) is 27.7. The minimum atomic E-state index is -0.0538. The minimum absolute atomic E-state index is 0.0538.